The fourth-order valence-corrected chi connectivity index (χ4v) is 21.3. The van der Waals surface area contributed by atoms with Gasteiger partial charge < -0.3 is 105 Å². The minimum atomic E-state index is -5.34. The number of hydrogen-bond acceptors (Lipinski definition) is 34. The molecule has 50 nitrogen and oxygen atoms in total. The number of aliphatic carboxylic acids is 2. The van der Waals surface area contributed by atoms with Crippen molar-refractivity contribution >= 4 is 146 Å². The number of sulfonamides is 2. The van der Waals surface area contributed by atoms with Gasteiger partial charge in [0.05, 0.1) is 63.6 Å². The highest BCUT2D eigenvalue weighted by Crippen LogP contribution is 2.34. The molecule has 4 aromatic carbocycles. The number of anilines is 2. The number of nitrogens with one attached hydrogen (secondary N) is 13. The molecule has 7 amide bonds. The summed E-state index contributed by atoms with van der Waals surface area (Å²) in [6.07, 6.45) is 6.38. The smallest absolute Gasteiger partial charge is 0.323 e. The van der Waals surface area contributed by atoms with E-state index in [4.69, 9.17) is 14.2 Å². The number of pyridine rings is 2. The molecule has 0 spiro atoms. The van der Waals surface area contributed by atoms with Gasteiger partial charge >= 0.3 is 29.8 Å². The van der Waals surface area contributed by atoms with Crippen molar-refractivity contribution in [2.75, 3.05) is 127 Å². The number of rotatable bonds is 48. The van der Waals surface area contributed by atoms with Gasteiger partial charge in [0.15, 0.2) is 11.9 Å². The standard InChI is InChI=1S/C96H135N21O29S4/c1-57-39-59(3)83(60(4)40-57)149(140,141)110-70(90(130)131)47-103-85(125)67-49-116(74-43-63(17-19-65(74)81(67)123)45-105-92-99-24-25-100-92)29-16-23-97-87(127)72(55-147(134,135)136)108-76(118)22-21-69(107-77(119)51-112-31-33-113(52-78(120)144-94(7,8)9)35-37-115(54-80(122)146-96(13,14)15)38-36-114(34-32-112)53-79(121)145-95(10,11)12)89(129)109-73(56-148(137,138)139)88(128)98-28-30-117-50-68(82(124)66-20-18-64(44-75(66)117)46-106-93-101-26-27-102-93)86(126)104-48-71(91(132)133)111-150(142,143)84-61(5)41-58(2)42-62(84)6/h17-20,24-27,39-44,49-50,69-73,110-111,134-136H,16,21-23,28-38,45-48,51-56H2,1-15H3,(H,97,127)(H,98,128)(H,103,125)(H,104,126)(H,107,119)(H,108,118)(H,109,129)(H,130,131)(H,132,133)(H2,99,100,105)(H2,101,102,106)(H,137,138,139)/t69-,70-,71-,72-,73-/m0/s1. The van der Waals surface area contributed by atoms with Gasteiger partial charge in [-0.15, -0.1) is 0 Å². The number of carboxylic acids is 2. The summed E-state index contributed by atoms with van der Waals surface area (Å²) in [6.45, 7) is 20.4. The number of fused-ring (bicyclic) bond motifs is 2. The maximum atomic E-state index is 15.3. The van der Waals surface area contributed by atoms with Gasteiger partial charge in [-0.3, -0.25) is 91.3 Å². The van der Waals surface area contributed by atoms with Crippen molar-refractivity contribution in [3.63, 3.8) is 0 Å². The van der Waals surface area contributed by atoms with Crippen molar-refractivity contribution in [3.8, 4) is 0 Å². The Morgan fingerprint density at radius 1 is 0.440 bits per heavy atom. The van der Waals surface area contributed by atoms with Crippen LogP contribution in [-0.4, -0.2) is 337 Å². The molecule has 150 heavy (non-hydrogen) atoms. The molecule has 19 N–H and O–H groups in total. The molecule has 9 rings (SSSR count). The van der Waals surface area contributed by atoms with Crippen molar-refractivity contribution in [2.24, 2.45) is 0 Å². The summed E-state index contributed by atoms with van der Waals surface area (Å²) in [7, 11) is -19.2. The Morgan fingerprint density at radius 2 is 0.807 bits per heavy atom. The first kappa shape index (κ1) is 120. The third kappa shape index (κ3) is 38.0. The third-order valence-corrected chi connectivity index (χ3v) is 28.2. The lowest BCUT2D eigenvalue weighted by molar-refractivity contribution is -0.158. The zero-order chi connectivity index (χ0) is 111. The summed E-state index contributed by atoms with van der Waals surface area (Å²) >= 11 is 0. The first-order chi connectivity index (χ1) is 69.9. The second kappa shape index (κ2) is 52.5. The van der Waals surface area contributed by atoms with E-state index in [9.17, 15) is 111 Å². The van der Waals surface area contributed by atoms with Crippen LogP contribution < -0.4 is 68.2 Å². The van der Waals surface area contributed by atoms with E-state index in [-0.39, 0.29) is 136 Å². The highest BCUT2D eigenvalue weighted by atomic mass is 32.3. The Bertz CT molecular complexity index is 6650. The van der Waals surface area contributed by atoms with Crippen LogP contribution in [-0.2, 0) is 118 Å². The summed E-state index contributed by atoms with van der Waals surface area (Å²) in [5, 5.41) is 43.2. The average Bonchev–Trinajstić information content (AvgIpc) is 1.39. The Labute approximate surface area is 868 Å². The fraction of sp³-hybridized carbons (Fsp3) is 0.500. The number of carboxylic acid groups (broad SMARTS) is 2. The van der Waals surface area contributed by atoms with E-state index >= 15 is 9.59 Å². The molecule has 5 atom stereocenters. The number of carbonyl (C=O) groups excluding carboxylic acids is 10. The number of aromatic amines is 2. The highest BCUT2D eigenvalue weighted by molar-refractivity contribution is 8.19. The van der Waals surface area contributed by atoms with Crippen LogP contribution in [0.1, 0.15) is 147 Å². The van der Waals surface area contributed by atoms with Gasteiger partial charge in [-0.05, 0) is 174 Å². The number of H-pyrrole nitrogens is 2. The summed E-state index contributed by atoms with van der Waals surface area (Å²) in [6, 6.07) is 4.96. The number of aromatic nitrogens is 6. The molecule has 0 unspecified atom stereocenters. The molecular weight excluding hydrogens is 2040 g/mol. The highest BCUT2D eigenvalue weighted by Gasteiger charge is 2.38. The molecule has 4 aromatic heterocycles. The third-order valence-electron chi connectivity index (χ3n) is 23.1. The SMILES string of the molecule is Cc1cc(C)c(S(=O)(=O)N[C@@H](CNC(=O)c2cn(CCCNC(=O)[C@H](CS(O)(O)O)NC(=O)CC[C@H](NC(=O)CN3CCN(CC(=O)OC(C)(C)C)CCN(CC(=O)OC(C)(C)C)CCN(CC(=O)OC(C)(C)C)CC3)C(=O)N[C@@H](CS(=O)(=O)O)C(=O)NCCn3cc(C(=O)NC[C@H](NS(=O)(=O)c4c(C)cc(C)cc4C)C(=O)O)c(=O)c4ccc(CNc5ncc[nH]5)cc43)c3cc(CNc4ncc[nH]4)ccc3c2=O)C(=O)O)c(C)c1. The van der Waals surface area contributed by atoms with Crippen molar-refractivity contribution in [1.82, 2.24) is 95.3 Å². The number of aryl methyl sites for hydroxylation is 7. The van der Waals surface area contributed by atoms with Crippen LogP contribution in [0.3, 0.4) is 0 Å². The van der Waals surface area contributed by atoms with Crippen molar-refractivity contribution in [1.29, 1.82) is 0 Å². The lowest BCUT2D eigenvalue weighted by Gasteiger charge is -2.34. The van der Waals surface area contributed by atoms with E-state index in [2.05, 4.69) is 77.2 Å². The second-order valence-electron chi connectivity index (χ2n) is 39.5. The number of carbonyl (C=O) groups is 12. The number of ether oxygens (including phenoxy) is 3. The van der Waals surface area contributed by atoms with Crippen molar-refractivity contribution < 1.29 is 125 Å². The molecule has 0 bridgehead atoms. The topological polar surface area (TPSA) is 703 Å². The Hall–Kier alpha value is -13.2. The minimum Gasteiger partial charge on any atom is -0.480 e. The largest absolute Gasteiger partial charge is 0.480 e. The second-order valence-corrected chi connectivity index (χ2v) is 45.9. The first-order valence-electron chi connectivity index (χ1n) is 47.9. The summed E-state index contributed by atoms with van der Waals surface area (Å²) in [4.78, 5) is 218. The number of nitrogens with zero attached hydrogens (tertiary/aromatic N) is 8. The van der Waals surface area contributed by atoms with E-state index in [1.807, 2.05) is 0 Å². The molecule has 1 aliphatic heterocycles. The normalized spacial score (nSPS) is 14.8. The Balaban J connectivity index is 1.00. The van der Waals surface area contributed by atoms with E-state index in [1.54, 1.807) is 145 Å². The Kier molecular flexibility index (Phi) is 42.1. The zero-order valence-corrected chi connectivity index (χ0v) is 89.4. The van der Waals surface area contributed by atoms with Crippen LogP contribution in [0.15, 0.2) is 117 Å². The summed E-state index contributed by atoms with van der Waals surface area (Å²) in [5.41, 5.74) is -1.59. The molecule has 0 aliphatic carbocycles. The Morgan fingerprint density at radius 3 is 1.17 bits per heavy atom. The molecule has 1 fully saturated rings. The summed E-state index contributed by atoms with van der Waals surface area (Å²) in [5.74, 6) is -15.9. The number of benzene rings is 4. The van der Waals surface area contributed by atoms with Crippen LogP contribution in [0, 0.1) is 41.5 Å². The van der Waals surface area contributed by atoms with Crippen LogP contribution in [0.2, 0.25) is 0 Å². The van der Waals surface area contributed by atoms with Gasteiger partial charge in [0.2, 0.25) is 60.4 Å². The van der Waals surface area contributed by atoms with Gasteiger partial charge in [-0.2, -0.15) is 17.9 Å². The van der Waals surface area contributed by atoms with Crippen LogP contribution in [0.4, 0.5) is 11.9 Å². The molecule has 5 heterocycles. The number of esters is 3. The summed E-state index contributed by atoms with van der Waals surface area (Å²) < 4.78 is 148. The quantitative estimate of drug-likeness (QED) is 0.0112. The van der Waals surface area contributed by atoms with Crippen LogP contribution in [0.25, 0.3) is 21.8 Å². The van der Waals surface area contributed by atoms with Crippen molar-refractivity contribution in [2.45, 2.75) is 206 Å². The average molecular weight is 2180 g/mol. The zero-order valence-electron chi connectivity index (χ0n) is 86.1. The van der Waals surface area contributed by atoms with Crippen molar-refractivity contribution in [3.05, 3.63) is 174 Å². The van der Waals surface area contributed by atoms with Gasteiger partial charge in [0, 0.05) is 159 Å². The molecular formula is C96H135N21O29S4. The van der Waals surface area contributed by atoms with E-state index < -0.39 is 238 Å². The molecule has 822 valence electrons. The van der Waals surface area contributed by atoms with Crippen LogP contribution in [0.5, 0.6) is 0 Å². The molecule has 0 radical (unpaired) electrons. The molecule has 1 saturated heterocycles. The molecule has 54 heteroatoms. The first-order valence-corrected chi connectivity index (χ1v) is 54.1. The number of imidazole rings is 2. The van der Waals surface area contributed by atoms with Gasteiger partial charge in [-0.1, -0.05) is 47.5 Å². The molecule has 1 aliphatic rings. The maximum Gasteiger partial charge on any atom is 0.323 e. The number of amides is 7. The van der Waals surface area contributed by atoms with E-state index in [0.29, 0.717) is 45.3 Å². The van der Waals surface area contributed by atoms with Gasteiger partial charge in [0.25, 0.3) is 21.9 Å². The fourth-order valence-electron chi connectivity index (χ4n) is 16.7. The van der Waals surface area contributed by atoms with Gasteiger partial charge in [0.1, 0.15) is 63.9 Å². The van der Waals surface area contributed by atoms with Gasteiger partial charge in [-0.25, -0.2) is 26.8 Å². The minimum absolute atomic E-state index is 0.00521. The lowest BCUT2D eigenvalue weighted by Crippen LogP contribution is -2.57. The molecule has 0 saturated carbocycles. The number of hydrogen-bond donors (Lipinski definition) is 19. The monoisotopic (exact) mass is 2170 g/mol. The predicted octanol–water partition coefficient (Wildman–Crippen LogP) is 2.08. The maximum absolute atomic E-state index is 15.3. The van der Waals surface area contributed by atoms with Crippen LogP contribution >= 0.6 is 10.9 Å². The van der Waals surface area contributed by atoms with E-state index in [1.165, 1.54) is 73.5 Å². The van der Waals surface area contributed by atoms with E-state index in [0.717, 1.165) is 23.5 Å². The molecule has 8 aromatic rings. The lowest BCUT2D eigenvalue weighted by atomic mass is 10.1. The predicted molar refractivity (Wildman–Crippen MR) is 553 cm³/mol.